The van der Waals surface area contributed by atoms with E-state index >= 15 is 0 Å². The van der Waals surface area contributed by atoms with E-state index in [0.29, 0.717) is 24.2 Å². The van der Waals surface area contributed by atoms with E-state index in [9.17, 15) is 13.2 Å². The van der Waals surface area contributed by atoms with Crippen LogP contribution < -0.4 is 5.32 Å². The Morgan fingerprint density at radius 2 is 1.69 bits per heavy atom. The lowest BCUT2D eigenvalue weighted by atomic mass is 10.1. The highest BCUT2D eigenvalue weighted by atomic mass is 32.2. The predicted octanol–water partition coefficient (Wildman–Crippen LogP) is 3.48. The molecular weight excluding hydrogens is 348 g/mol. The van der Waals surface area contributed by atoms with E-state index in [0.717, 1.165) is 29.7 Å². The molecule has 0 bridgehead atoms. The molecule has 0 radical (unpaired) electrons. The van der Waals surface area contributed by atoms with E-state index in [2.05, 4.69) is 5.32 Å². The average Bonchev–Trinajstić information content (AvgIpc) is 3.14. The minimum atomic E-state index is -3.27. The Labute approximate surface area is 155 Å². The fourth-order valence-corrected chi connectivity index (χ4v) is 4.70. The largest absolute Gasteiger partial charge is 0.322 e. The number of carbonyl (C=O) groups is 1. The van der Waals surface area contributed by atoms with Gasteiger partial charge in [0.2, 0.25) is 10.0 Å². The van der Waals surface area contributed by atoms with Crippen molar-refractivity contribution in [1.29, 1.82) is 0 Å². The van der Waals surface area contributed by atoms with Gasteiger partial charge in [0.15, 0.2) is 0 Å². The quantitative estimate of drug-likeness (QED) is 0.874. The van der Waals surface area contributed by atoms with Crippen LogP contribution in [0.4, 0.5) is 5.69 Å². The van der Waals surface area contributed by atoms with Gasteiger partial charge in [-0.15, -0.1) is 0 Å². The van der Waals surface area contributed by atoms with E-state index in [1.54, 1.807) is 28.6 Å². The molecular formula is C20H24N2O3S. The highest BCUT2D eigenvalue weighted by Crippen LogP contribution is 2.19. The molecule has 1 amide bonds. The molecule has 2 aromatic carbocycles. The molecule has 1 aliphatic rings. The lowest BCUT2D eigenvalue weighted by Crippen LogP contribution is -2.29. The summed E-state index contributed by atoms with van der Waals surface area (Å²) in [5.74, 6) is -0.223. The number of carbonyl (C=O) groups excluding carboxylic acids is 1. The number of hydrogen-bond acceptors (Lipinski definition) is 3. The normalized spacial score (nSPS) is 15.2. The van der Waals surface area contributed by atoms with Gasteiger partial charge in [-0.3, -0.25) is 4.79 Å². The van der Waals surface area contributed by atoms with Gasteiger partial charge in [-0.05, 0) is 61.6 Å². The summed E-state index contributed by atoms with van der Waals surface area (Å²) >= 11 is 0. The van der Waals surface area contributed by atoms with E-state index in [4.69, 9.17) is 0 Å². The van der Waals surface area contributed by atoms with Crippen molar-refractivity contribution in [2.75, 3.05) is 18.4 Å². The van der Waals surface area contributed by atoms with Gasteiger partial charge in [0, 0.05) is 24.3 Å². The number of nitrogens with one attached hydrogen (secondary N) is 1. The summed E-state index contributed by atoms with van der Waals surface area (Å²) in [5.41, 5.74) is 4.06. The highest BCUT2D eigenvalue weighted by Gasteiger charge is 2.25. The first kappa shape index (κ1) is 18.6. The van der Waals surface area contributed by atoms with Gasteiger partial charge in [0.05, 0.1) is 5.75 Å². The molecule has 6 heteroatoms. The third kappa shape index (κ3) is 4.31. The van der Waals surface area contributed by atoms with Crippen LogP contribution in [0.25, 0.3) is 0 Å². The fraction of sp³-hybridized carbons (Fsp3) is 0.350. The van der Waals surface area contributed by atoms with E-state index in [1.807, 2.05) is 32.0 Å². The number of hydrogen-bond donors (Lipinski definition) is 1. The zero-order chi connectivity index (χ0) is 18.7. The maximum atomic E-state index is 12.4. The molecule has 2 aromatic rings. The number of sulfonamides is 1. The molecule has 26 heavy (non-hydrogen) atoms. The SMILES string of the molecule is Cc1ccc(C)c(NC(=O)c2ccc(CS(=O)(=O)N3CCCC3)cc2)c1. The average molecular weight is 372 g/mol. The molecule has 0 aliphatic carbocycles. The topological polar surface area (TPSA) is 66.5 Å². The van der Waals surface area contributed by atoms with Gasteiger partial charge in [-0.25, -0.2) is 12.7 Å². The van der Waals surface area contributed by atoms with Crippen LogP contribution in [0.5, 0.6) is 0 Å². The van der Waals surface area contributed by atoms with Crippen molar-refractivity contribution in [3.63, 3.8) is 0 Å². The lowest BCUT2D eigenvalue weighted by molar-refractivity contribution is 0.102. The number of amides is 1. The first-order valence-electron chi connectivity index (χ1n) is 8.80. The third-order valence-corrected chi connectivity index (χ3v) is 6.51. The molecule has 1 heterocycles. The number of anilines is 1. The van der Waals surface area contributed by atoms with Gasteiger partial charge >= 0.3 is 0 Å². The summed E-state index contributed by atoms with van der Waals surface area (Å²) < 4.78 is 26.3. The summed E-state index contributed by atoms with van der Waals surface area (Å²) in [6.45, 7) is 5.14. The molecule has 0 saturated carbocycles. The molecule has 138 valence electrons. The van der Waals surface area contributed by atoms with Gasteiger partial charge in [-0.2, -0.15) is 0 Å². The molecule has 3 rings (SSSR count). The molecule has 1 N–H and O–H groups in total. The van der Waals surface area contributed by atoms with Crippen molar-refractivity contribution < 1.29 is 13.2 Å². The number of aryl methyl sites for hydroxylation is 2. The van der Waals surface area contributed by atoms with Gasteiger partial charge in [0.1, 0.15) is 0 Å². The number of rotatable bonds is 5. The first-order valence-corrected chi connectivity index (χ1v) is 10.4. The molecule has 1 fully saturated rings. The third-order valence-electron chi connectivity index (χ3n) is 4.66. The lowest BCUT2D eigenvalue weighted by Gasteiger charge is -2.15. The second-order valence-corrected chi connectivity index (χ2v) is 8.80. The minimum Gasteiger partial charge on any atom is -0.322 e. The highest BCUT2D eigenvalue weighted by molar-refractivity contribution is 7.88. The summed E-state index contributed by atoms with van der Waals surface area (Å²) in [6, 6.07) is 12.7. The van der Waals surface area contributed by atoms with Crippen molar-refractivity contribution in [2.24, 2.45) is 0 Å². The number of benzene rings is 2. The Balaban J connectivity index is 1.69. The Morgan fingerprint density at radius 3 is 2.35 bits per heavy atom. The first-order chi connectivity index (χ1) is 12.3. The van der Waals surface area contributed by atoms with Gasteiger partial charge < -0.3 is 5.32 Å². The van der Waals surface area contributed by atoms with Crippen molar-refractivity contribution in [2.45, 2.75) is 32.4 Å². The molecule has 0 atom stereocenters. The fourth-order valence-electron chi connectivity index (χ4n) is 3.09. The Kier molecular flexibility index (Phi) is 5.44. The van der Waals surface area contributed by atoms with Gasteiger partial charge in [-0.1, -0.05) is 24.3 Å². The smallest absolute Gasteiger partial charge is 0.255 e. The summed E-state index contributed by atoms with van der Waals surface area (Å²) in [5, 5.41) is 2.91. The van der Waals surface area contributed by atoms with Gasteiger partial charge in [0.25, 0.3) is 5.91 Å². The molecule has 5 nitrogen and oxygen atoms in total. The second-order valence-electron chi connectivity index (χ2n) is 6.83. The molecule has 0 unspecified atom stereocenters. The van der Waals surface area contributed by atoms with Crippen LogP contribution >= 0.6 is 0 Å². The van der Waals surface area contributed by atoms with Crippen molar-refractivity contribution in [3.8, 4) is 0 Å². The van der Waals surface area contributed by atoms with Crippen LogP contribution in [0.2, 0.25) is 0 Å². The Bertz CT molecular complexity index is 899. The van der Waals surface area contributed by atoms with Crippen LogP contribution in [0.15, 0.2) is 42.5 Å². The van der Waals surface area contributed by atoms with Crippen molar-refractivity contribution >= 4 is 21.6 Å². The summed E-state index contributed by atoms with van der Waals surface area (Å²) in [7, 11) is -3.27. The van der Waals surface area contributed by atoms with Crippen LogP contribution in [0.1, 0.15) is 39.9 Å². The van der Waals surface area contributed by atoms with Crippen LogP contribution in [0.3, 0.4) is 0 Å². The maximum Gasteiger partial charge on any atom is 0.255 e. The van der Waals surface area contributed by atoms with Crippen molar-refractivity contribution in [1.82, 2.24) is 4.31 Å². The Morgan fingerprint density at radius 1 is 1.04 bits per heavy atom. The van der Waals surface area contributed by atoms with E-state index in [-0.39, 0.29) is 11.7 Å². The van der Waals surface area contributed by atoms with Crippen LogP contribution in [-0.2, 0) is 15.8 Å². The monoisotopic (exact) mass is 372 g/mol. The molecule has 1 saturated heterocycles. The molecule has 0 spiro atoms. The van der Waals surface area contributed by atoms with E-state index < -0.39 is 10.0 Å². The molecule has 1 aliphatic heterocycles. The Hall–Kier alpha value is -2.18. The summed E-state index contributed by atoms with van der Waals surface area (Å²) in [6.07, 6.45) is 1.85. The zero-order valence-corrected chi connectivity index (χ0v) is 16.0. The number of nitrogens with zero attached hydrogens (tertiary/aromatic N) is 1. The van der Waals surface area contributed by atoms with Crippen LogP contribution in [0, 0.1) is 13.8 Å². The second kappa shape index (κ2) is 7.60. The van der Waals surface area contributed by atoms with E-state index in [1.165, 1.54) is 0 Å². The predicted molar refractivity (Wildman–Crippen MR) is 104 cm³/mol. The van der Waals surface area contributed by atoms with Crippen LogP contribution in [-0.4, -0.2) is 31.7 Å². The standard InChI is InChI=1S/C20H24N2O3S/c1-15-5-6-16(2)19(13-15)21-20(23)18-9-7-17(8-10-18)14-26(24,25)22-11-3-4-12-22/h5-10,13H,3-4,11-12,14H2,1-2H3,(H,21,23). The maximum absolute atomic E-state index is 12.4. The summed E-state index contributed by atoms with van der Waals surface area (Å²) in [4.78, 5) is 12.4. The van der Waals surface area contributed by atoms with Crippen molar-refractivity contribution in [3.05, 3.63) is 64.7 Å². The zero-order valence-electron chi connectivity index (χ0n) is 15.2. The minimum absolute atomic E-state index is 0.0219. The molecule has 0 aromatic heterocycles.